The van der Waals surface area contributed by atoms with E-state index in [1.807, 2.05) is 6.92 Å². The number of fused-ring (bicyclic) bond motifs is 1. The third kappa shape index (κ3) is 4.92. The van der Waals surface area contributed by atoms with Gasteiger partial charge in [-0.3, -0.25) is 10.1 Å². The molecule has 1 amide bonds. The van der Waals surface area contributed by atoms with Gasteiger partial charge in [-0.15, -0.1) is 0 Å². The maximum Gasteiger partial charge on any atom is 0.336 e. The van der Waals surface area contributed by atoms with Crippen molar-refractivity contribution in [1.82, 2.24) is 5.32 Å². The summed E-state index contributed by atoms with van der Waals surface area (Å²) in [4.78, 5) is 23.6. The Hall–Kier alpha value is -3.19. The normalized spacial score (nSPS) is 10.4. The lowest BCUT2D eigenvalue weighted by Gasteiger charge is -2.11. The first-order valence-corrected chi connectivity index (χ1v) is 8.85. The largest absolute Gasteiger partial charge is 0.494 e. The number of carbonyl (C=O) groups excluding carboxylic acids is 1. The second kappa shape index (κ2) is 8.46. The summed E-state index contributed by atoms with van der Waals surface area (Å²) in [5.41, 5.74) is 1.19. The van der Waals surface area contributed by atoms with Gasteiger partial charge in [0.2, 0.25) is 0 Å². The van der Waals surface area contributed by atoms with Crippen LogP contribution in [0.3, 0.4) is 0 Å². The van der Waals surface area contributed by atoms with E-state index < -0.39 is 5.63 Å². The first kappa shape index (κ1) is 18.6. The van der Waals surface area contributed by atoms with Gasteiger partial charge in [0, 0.05) is 22.7 Å². The van der Waals surface area contributed by atoms with Gasteiger partial charge in [0.1, 0.15) is 11.3 Å². The van der Waals surface area contributed by atoms with E-state index in [9.17, 15) is 9.59 Å². The fourth-order valence-electron chi connectivity index (χ4n) is 2.43. The summed E-state index contributed by atoms with van der Waals surface area (Å²) in [6.07, 6.45) is 0.888. The lowest BCUT2D eigenvalue weighted by molar-refractivity contribution is 0.0977. The van der Waals surface area contributed by atoms with Crippen LogP contribution in [-0.2, 0) is 0 Å². The van der Waals surface area contributed by atoms with Gasteiger partial charge in [-0.1, -0.05) is 13.0 Å². The van der Waals surface area contributed by atoms with Gasteiger partial charge in [-0.05, 0) is 61.1 Å². The molecule has 2 N–H and O–H groups in total. The Morgan fingerprint density at radius 1 is 1.15 bits per heavy atom. The van der Waals surface area contributed by atoms with Crippen molar-refractivity contribution in [2.24, 2.45) is 0 Å². The van der Waals surface area contributed by atoms with Crippen molar-refractivity contribution < 1.29 is 13.9 Å². The van der Waals surface area contributed by atoms with E-state index in [-0.39, 0.29) is 11.0 Å². The molecule has 0 saturated heterocycles. The SMILES string of the molecule is CCCOc1cccc(C(=O)NC(=S)Nc2ccc3oc(=O)ccc3c2)c1. The predicted octanol–water partition coefficient (Wildman–Crippen LogP) is 3.71. The molecule has 0 saturated carbocycles. The third-order valence-corrected chi connectivity index (χ3v) is 3.88. The number of benzene rings is 2. The molecule has 2 aromatic carbocycles. The quantitative estimate of drug-likeness (QED) is 0.517. The Labute approximate surface area is 161 Å². The zero-order valence-corrected chi connectivity index (χ0v) is 15.5. The van der Waals surface area contributed by atoms with E-state index in [0.717, 1.165) is 11.8 Å². The highest BCUT2D eigenvalue weighted by atomic mass is 32.1. The van der Waals surface area contributed by atoms with Crippen LogP contribution in [0.25, 0.3) is 11.0 Å². The molecule has 0 aliphatic heterocycles. The van der Waals surface area contributed by atoms with Crippen molar-refractivity contribution in [3.8, 4) is 5.75 Å². The Kier molecular flexibility index (Phi) is 5.83. The molecule has 1 aromatic heterocycles. The van der Waals surface area contributed by atoms with Crippen molar-refractivity contribution in [2.75, 3.05) is 11.9 Å². The minimum atomic E-state index is -0.406. The van der Waals surface area contributed by atoms with Gasteiger partial charge in [-0.25, -0.2) is 4.79 Å². The molecule has 3 rings (SSSR count). The molecular weight excluding hydrogens is 364 g/mol. The number of carbonyl (C=O) groups is 1. The highest BCUT2D eigenvalue weighted by Crippen LogP contribution is 2.18. The number of hydrogen-bond donors (Lipinski definition) is 2. The van der Waals surface area contributed by atoms with Crippen LogP contribution >= 0.6 is 12.2 Å². The molecule has 1 heterocycles. The topological polar surface area (TPSA) is 80.6 Å². The van der Waals surface area contributed by atoms with E-state index in [1.54, 1.807) is 48.5 Å². The van der Waals surface area contributed by atoms with Crippen molar-refractivity contribution in [3.05, 3.63) is 70.6 Å². The van der Waals surface area contributed by atoms with Crippen molar-refractivity contribution in [1.29, 1.82) is 0 Å². The van der Waals surface area contributed by atoms with E-state index in [0.29, 0.717) is 29.2 Å². The van der Waals surface area contributed by atoms with Gasteiger partial charge in [-0.2, -0.15) is 0 Å². The number of anilines is 1. The zero-order valence-electron chi connectivity index (χ0n) is 14.7. The summed E-state index contributed by atoms with van der Waals surface area (Å²) in [5, 5.41) is 6.49. The first-order valence-electron chi connectivity index (χ1n) is 8.44. The van der Waals surface area contributed by atoms with Crippen LogP contribution in [0.1, 0.15) is 23.7 Å². The number of amides is 1. The number of ether oxygens (including phenoxy) is 1. The summed E-state index contributed by atoms with van der Waals surface area (Å²) in [5.74, 6) is 0.306. The van der Waals surface area contributed by atoms with E-state index in [2.05, 4.69) is 10.6 Å². The first-order chi connectivity index (χ1) is 13.0. The summed E-state index contributed by atoms with van der Waals surface area (Å²) >= 11 is 5.21. The second-order valence-electron chi connectivity index (χ2n) is 5.79. The van der Waals surface area contributed by atoms with Crippen LogP contribution in [-0.4, -0.2) is 17.6 Å². The zero-order chi connectivity index (χ0) is 19.2. The highest BCUT2D eigenvalue weighted by molar-refractivity contribution is 7.80. The van der Waals surface area contributed by atoms with Crippen LogP contribution in [0.5, 0.6) is 5.75 Å². The highest BCUT2D eigenvalue weighted by Gasteiger charge is 2.09. The number of nitrogens with one attached hydrogen (secondary N) is 2. The van der Waals surface area contributed by atoms with Crippen LogP contribution in [0, 0.1) is 0 Å². The lowest BCUT2D eigenvalue weighted by Crippen LogP contribution is -2.34. The minimum absolute atomic E-state index is 0.164. The Morgan fingerprint density at radius 3 is 2.81 bits per heavy atom. The molecule has 3 aromatic rings. The lowest BCUT2D eigenvalue weighted by atomic mass is 10.2. The second-order valence-corrected chi connectivity index (χ2v) is 6.20. The molecule has 6 nitrogen and oxygen atoms in total. The maximum absolute atomic E-state index is 12.4. The molecule has 0 radical (unpaired) electrons. The smallest absolute Gasteiger partial charge is 0.336 e. The molecule has 0 atom stereocenters. The Morgan fingerprint density at radius 2 is 2.00 bits per heavy atom. The van der Waals surface area contributed by atoms with Crippen molar-refractivity contribution >= 4 is 39.9 Å². The average molecular weight is 382 g/mol. The van der Waals surface area contributed by atoms with Crippen molar-refractivity contribution in [2.45, 2.75) is 13.3 Å². The summed E-state index contributed by atoms with van der Waals surface area (Å²) in [6, 6.07) is 15.1. The number of hydrogen-bond acceptors (Lipinski definition) is 5. The molecule has 0 fully saturated rings. The fourth-order valence-corrected chi connectivity index (χ4v) is 2.64. The number of thiocarbonyl (C=S) groups is 1. The molecule has 0 aliphatic rings. The molecule has 27 heavy (non-hydrogen) atoms. The van der Waals surface area contributed by atoms with E-state index in [1.165, 1.54) is 6.07 Å². The Bertz CT molecular complexity index is 1050. The maximum atomic E-state index is 12.4. The molecule has 0 aliphatic carbocycles. The van der Waals surface area contributed by atoms with Crippen molar-refractivity contribution in [3.63, 3.8) is 0 Å². The summed E-state index contributed by atoms with van der Waals surface area (Å²) in [7, 11) is 0. The summed E-state index contributed by atoms with van der Waals surface area (Å²) in [6.45, 7) is 2.61. The van der Waals surface area contributed by atoms with Crippen LogP contribution in [0.15, 0.2) is 63.8 Å². The fraction of sp³-hybridized carbons (Fsp3) is 0.150. The van der Waals surface area contributed by atoms with Crippen LogP contribution in [0.4, 0.5) is 5.69 Å². The molecule has 7 heteroatoms. The third-order valence-electron chi connectivity index (χ3n) is 3.67. The molecule has 0 spiro atoms. The van der Waals surface area contributed by atoms with E-state index >= 15 is 0 Å². The predicted molar refractivity (Wildman–Crippen MR) is 108 cm³/mol. The average Bonchev–Trinajstić information content (AvgIpc) is 2.66. The minimum Gasteiger partial charge on any atom is -0.494 e. The molecule has 0 bridgehead atoms. The van der Waals surface area contributed by atoms with E-state index in [4.69, 9.17) is 21.4 Å². The monoisotopic (exact) mass is 382 g/mol. The number of rotatable bonds is 5. The van der Waals surface area contributed by atoms with Gasteiger partial charge in [0.05, 0.1) is 6.61 Å². The Balaban J connectivity index is 1.66. The van der Waals surface area contributed by atoms with Gasteiger partial charge >= 0.3 is 5.63 Å². The molecule has 0 unspecified atom stereocenters. The standard InChI is InChI=1S/C20H18N2O4S/c1-2-10-25-16-5-3-4-14(12-16)19(24)22-20(27)21-15-7-8-17-13(11-15)6-9-18(23)26-17/h3-9,11-12H,2,10H2,1H3,(H2,21,22,24,27). The summed E-state index contributed by atoms with van der Waals surface area (Å²) < 4.78 is 10.6. The molecule has 138 valence electrons. The van der Waals surface area contributed by atoms with Gasteiger partial charge in [0.25, 0.3) is 5.91 Å². The van der Waals surface area contributed by atoms with Crippen LogP contribution < -0.4 is 21.0 Å². The van der Waals surface area contributed by atoms with Crippen LogP contribution in [0.2, 0.25) is 0 Å². The van der Waals surface area contributed by atoms with Gasteiger partial charge in [0.15, 0.2) is 5.11 Å². The van der Waals surface area contributed by atoms with Gasteiger partial charge < -0.3 is 14.5 Å². The molecular formula is C20H18N2O4S.